The van der Waals surface area contributed by atoms with Gasteiger partial charge in [0.15, 0.2) is 0 Å². The first-order valence-corrected chi connectivity index (χ1v) is 7.45. The summed E-state index contributed by atoms with van der Waals surface area (Å²) in [5, 5.41) is -0.818. The average Bonchev–Trinajstić information content (AvgIpc) is 2.30. The van der Waals surface area contributed by atoms with Gasteiger partial charge in [-0.05, 0) is 18.6 Å². The second-order valence-electron chi connectivity index (χ2n) is 3.92. The van der Waals surface area contributed by atoms with Crippen molar-refractivity contribution in [1.82, 2.24) is 9.29 Å². The highest BCUT2D eigenvalue weighted by molar-refractivity contribution is 7.92. The molecule has 0 fully saturated rings. The highest BCUT2D eigenvalue weighted by Gasteiger charge is 2.30. The minimum Gasteiger partial charge on any atom is -0.392 e. The van der Waals surface area contributed by atoms with Gasteiger partial charge in [0.2, 0.25) is 10.0 Å². The van der Waals surface area contributed by atoms with Gasteiger partial charge in [-0.15, -0.1) is 0 Å². The summed E-state index contributed by atoms with van der Waals surface area (Å²) < 4.78 is 25.7. The summed E-state index contributed by atoms with van der Waals surface area (Å²) in [6.45, 7) is 1.96. The number of sulfonamides is 1. The molecule has 100 valence electrons. The van der Waals surface area contributed by atoms with E-state index in [1.165, 1.54) is 11.4 Å². The third-order valence-corrected chi connectivity index (χ3v) is 5.33. The second-order valence-corrected chi connectivity index (χ2v) is 6.62. The van der Waals surface area contributed by atoms with Crippen molar-refractivity contribution in [3.8, 4) is 0 Å². The molecular weight excluding hydrogens is 270 g/mol. The van der Waals surface area contributed by atoms with Crippen molar-refractivity contribution in [2.75, 3.05) is 7.05 Å². The molecule has 1 heterocycles. The highest BCUT2D eigenvalue weighted by Crippen LogP contribution is 2.13. The fourth-order valence-electron chi connectivity index (χ4n) is 1.59. The Morgan fingerprint density at radius 3 is 2.67 bits per heavy atom. The van der Waals surface area contributed by atoms with Crippen molar-refractivity contribution in [3.05, 3.63) is 30.1 Å². The van der Waals surface area contributed by atoms with E-state index in [1.54, 1.807) is 25.3 Å². The molecule has 1 rings (SSSR count). The first kappa shape index (κ1) is 15.0. The van der Waals surface area contributed by atoms with Crippen molar-refractivity contribution in [2.24, 2.45) is 5.73 Å². The van der Waals surface area contributed by atoms with E-state index >= 15 is 0 Å². The molecule has 5 nitrogen and oxygen atoms in total. The van der Waals surface area contributed by atoms with Gasteiger partial charge in [0, 0.05) is 13.2 Å². The van der Waals surface area contributed by atoms with Gasteiger partial charge >= 0.3 is 0 Å². The van der Waals surface area contributed by atoms with Crippen LogP contribution < -0.4 is 5.73 Å². The lowest BCUT2D eigenvalue weighted by molar-refractivity contribution is 0.457. The van der Waals surface area contributed by atoms with Crippen molar-refractivity contribution in [1.29, 1.82) is 0 Å². The van der Waals surface area contributed by atoms with Gasteiger partial charge in [-0.25, -0.2) is 8.42 Å². The number of rotatable bonds is 6. The van der Waals surface area contributed by atoms with Crippen LogP contribution >= 0.6 is 12.2 Å². The third-order valence-electron chi connectivity index (χ3n) is 2.59. The third kappa shape index (κ3) is 3.47. The molecule has 0 aromatic carbocycles. The van der Waals surface area contributed by atoms with Gasteiger partial charge < -0.3 is 5.73 Å². The monoisotopic (exact) mass is 287 g/mol. The standard InChI is InChI=1S/C11H17N3O2S2/c1-3-10(11(12)17)18(15,16)14(2)8-9-6-4-5-7-13-9/h4-7,10H,3,8H2,1-2H3,(H2,12,17). The van der Waals surface area contributed by atoms with Crippen LogP contribution in [0.15, 0.2) is 24.4 Å². The van der Waals surface area contributed by atoms with Crippen LogP contribution in [0.2, 0.25) is 0 Å². The Labute approximate surface area is 113 Å². The Hall–Kier alpha value is -1.05. The quantitative estimate of drug-likeness (QED) is 0.787. The van der Waals surface area contributed by atoms with Crippen LogP contribution in [0.25, 0.3) is 0 Å². The predicted molar refractivity (Wildman–Crippen MR) is 75.5 cm³/mol. The van der Waals surface area contributed by atoms with Crippen molar-refractivity contribution >= 4 is 27.2 Å². The lowest BCUT2D eigenvalue weighted by Crippen LogP contribution is -2.42. The predicted octanol–water partition coefficient (Wildman–Crippen LogP) is 0.908. The summed E-state index contributed by atoms with van der Waals surface area (Å²) in [5.74, 6) is 0. The van der Waals surface area contributed by atoms with Crippen molar-refractivity contribution in [2.45, 2.75) is 25.1 Å². The number of pyridine rings is 1. The fraction of sp³-hybridized carbons (Fsp3) is 0.455. The first-order valence-electron chi connectivity index (χ1n) is 5.54. The molecule has 0 saturated heterocycles. The van der Waals surface area contributed by atoms with E-state index in [0.717, 1.165) is 0 Å². The van der Waals surface area contributed by atoms with Gasteiger partial charge in [-0.3, -0.25) is 4.98 Å². The fourth-order valence-corrected chi connectivity index (χ4v) is 3.58. The SMILES string of the molecule is CCC(C(N)=S)S(=O)(=O)N(C)Cc1ccccn1. The van der Waals surface area contributed by atoms with Crippen LogP contribution in [-0.2, 0) is 16.6 Å². The number of thiocarbonyl (C=S) groups is 1. The van der Waals surface area contributed by atoms with Gasteiger partial charge in [0.05, 0.1) is 17.2 Å². The van der Waals surface area contributed by atoms with E-state index in [0.29, 0.717) is 12.1 Å². The van der Waals surface area contributed by atoms with Crippen LogP contribution in [0, 0.1) is 0 Å². The molecule has 1 aromatic rings. The molecule has 1 atom stereocenters. The zero-order valence-electron chi connectivity index (χ0n) is 10.4. The Kier molecular flexibility index (Phi) is 5.18. The molecular formula is C11H17N3O2S2. The van der Waals surface area contributed by atoms with E-state index < -0.39 is 15.3 Å². The molecule has 0 spiro atoms. The number of hydrogen-bond donors (Lipinski definition) is 1. The largest absolute Gasteiger partial charge is 0.392 e. The molecule has 0 bridgehead atoms. The lowest BCUT2D eigenvalue weighted by Gasteiger charge is -2.22. The summed E-state index contributed by atoms with van der Waals surface area (Å²) in [6.07, 6.45) is 1.99. The maximum Gasteiger partial charge on any atom is 0.223 e. The minimum atomic E-state index is -3.52. The number of aromatic nitrogens is 1. The number of hydrogen-bond acceptors (Lipinski definition) is 4. The Morgan fingerprint density at radius 2 is 2.22 bits per heavy atom. The Bertz CT molecular complexity index is 502. The smallest absolute Gasteiger partial charge is 0.223 e. The molecule has 0 aliphatic carbocycles. The summed E-state index contributed by atoms with van der Waals surface area (Å²) in [5.41, 5.74) is 6.16. The van der Waals surface area contributed by atoms with Crippen LogP contribution in [0.1, 0.15) is 19.0 Å². The average molecular weight is 287 g/mol. The van der Waals surface area contributed by atoms with Gasteiger partial charge in [-0.2, -0.15) is 4.31 Å². The van der Waals surface area contributed by atoms with E-state index in [9.17, 15) is 8.42 Å². The number of nitrogens with two attached hydrogens (primary N) is 1. The molecule has 0 aliphatic heterocycles. The molecule has 0 radical (unpaired) electrons. The first-order chi connectivity index (χ1) is 8.39. The Balaban J connectivity index is 2.89. The highest BCUT2D eigenvalue weighted by atomic mass is 32.2. The molecule has 0 amide bonds. The summed E-state index contributed by atoms with van der Waals surface area (Å²) in [4.78, 5) is 4.10. The zero-order chi connectivity index (χ0) is 13.8. The molecule has 18 heavy (non-hydrogen) atoms. The zero-order valence-corrected chi connectivity index (χ0v) is 12.0. The van der Waals surface area contributed by atoms with Crippen LogP contribution in [0.4, 0.5) is 0 Å². The van der Waals surface area contributed by atoms with E-state index in [-0.39, 0.29) is 11.5 Å². The van der Waals surface area contributed by atoms with Gasteiger partial charge in [0.1, 0.15) is 5.25 Å². The molecule has 2 N–H and O–H groups in total. The number of nitrogens with zero attached hydrogens (tertiary/aromatic N) is 2. The summed E-state index contributed by atoms with van der Waals surface area (Å²) in [6, 6.07) is 5.36. The molecule has 7 heteroatoms. The van der Waals surface area contributed by atoms with E-state index in [1.807, 2.05) is 6.07 Å². The normalized spacial score (nSPS) is 13.5. The van der Waals surface area contributed by atoms with Crippen LogP contribution in [0.5, 0.6) is 0 Å². The molecule has 0 saturated carbocycles. The van der Waals surface area contributed by atoms with E-state index in [4.69, 9.17) is 18.0 Å². The van der Waals surface area contributed by atoms with Crippen LogP contribution in [-0.4, -0.2) is 35.0 Å². The van der Waals surface area contributed by atoms with Crippen molar-refractivity contribution in [3.63, 3.8) is 0 Å². The lowest BCUT2D eigenvalue weighted by atomic mass is 10.3. The van der Waals surface area contributed by atoms with Gasteiger partial charge in [0.25, 0.3) is 0 Å². The summed E-state index contributed by atoms with van der Waals surface area (Å²) in [7, 11) is -2.02. The molecule has 1 unspecified atom stereocenters. The second kappa shape index (κ2) is 6.21. The van der Waals surface area contributed by atoms with Crippen molar-refractivity contribution < 1.29 is 8.42 Å². The summed E-state index contributed by atoms with van der Waals surface area (Å²) >= 11 is 4.80. The molecule has 1 aromatic heterocycles. The topological polar surface area (TPSA) is 76.3 Å². The Morgan fingerprint density at radius 1 is 1.56 bits per heavy atom. The van der Waals surface area contributed by atoms with Gasteiger partial charge in [-0.1, -0.05) is 25.2 Å². The minimum absolute atomic E-state index is 0.00497. The molecule has 0 aliphatic rings. The maximum atomic E-state index is 12.2. The van der Waals surface area contributed by atoms with Crippen LogP contribution in [0.3, 0.4) is 0 Å². The maximum absolute atomic E-state index is 12.2. The van der Waals surface area contributed by atoms with E-state index in [2.05, 4.69) is 4.98 Å².